The van der Waals surface area contributed by atoms with Crippen LogP contribution in [-0.4, -0.2) is 21.3 Å². The van der Waals surface area contributed by atoms with E-state index in [1.54, 1.807) is 11.3 Å². The summed E-state index contributed by atoms with van der Waals surface area (Å²) >= 11 is 1.71. The van der Waals surface area contributed by atoms with Gasteiger partial charge >= 0.3 is 0 Å². The minimum atomic E-state index is 0.316. The summed E-state index contributed by atoms with van der Waals surface area (Å²) in [6.07, 6.45) is 3.91. The molecular formula is C11H14N4S. The maximum atomic E-state index is 4.63. The van der Waals surface area contributed by atoms with Gasteiger partial charge in [-0.1, -0.05) is 6.92 Å². The molecule has 0 aromatic carbocycles. The third kappa shape index (κ3) is 1.51. The first kappa shape index (κ1) is 9.84. The molecule has 3 heterocycles. The molecule has 16 heavy (non-hydrogen) atoms. The zero-order valence-electron chi connectivity index (χ0n) is 9.18. The van der Waals surface area contributed by atoms with E-state index in [2.05, 4.69) is 33.1 Å². The van der Waals surface area contributed by atoms with Crippen molar-refractivity contribution in [3.63, 3.8) is 0 Å². The Morgan fingerprint density at radius 3 is 3.31 bits per heavy atom. The van der Waals surface area contributed by atoms with Crippen molar-refractivity contribution < 1.29 is 0 Å². The highest BCUT2D eigenvalue weighted by Crippen LogP contribution is 2.30. The summed E-state index contributed by atoms with van der Waals surface area (Å²) in [5.41, 5.74) is 1.14. The first-order chi connectivity index (χ1) is 7.88. The van der Waals surface area contributed by atoms with Crippen LogP contribution in [0.15, 0.2) is 17.6 Å². The summed E-state index contributed by atoms with van der Waals surface area (Å²) in [4.78, 5) is 4.40. The highest BCUT2D eigenvalue weighted by Gasteiger charge is 2.24. The monoisotopic (exact) mass is 234 g/mol. The lowest BCUT2D eigenvalue weighted by molar-refractivity contribution is 0.476. The Hall–Kier alpha value is -1.36. The molecule has 1 aliphatic heterocycles. The molecule has 0 amide bonds. The Kier molecular flexibility index (Phi) is 2.40. The molecule has 0 spiro atoms. The Balaban J connectivity index is 2.02. The molecule has 5 heteroatoms. The van der Waals surface area contributed by atoms with Crippen LogP contribution in [-0.2, 0) is 6.42 Å². The van der Waals surface area contributed by atoms with E-state index in [9.17, 15) is 0 Å². The third-order valence-electron chi connectivity index (χ3n) is 2.90. The van der Waals surface area contributed by atoms with Crippen LogP contribution in [0.25, 0.3) is 0 Å². The van der Waals surface area contributed by atoms with Crippen LogP contribution in [0.2, 0.25) is 0 Å². The van der Waals surface area contributed by atoms with Gasteiger partial charge < -0.3 is 5.32 Å². The van der Waals surface area contributed by atoms with E-state index in [1.165, 1.54) is 0 Å². The van der Waals surface area contributed by atoms with E-state index in [-0.39, 0.29) is 0 Å². The van der Waals surface area contributed by atoms with Crippen molar-refractivity contribution in [1.82, 2.24) is 14.8 Å². The van der Waals surface area contributed by atoms with Gasteiger partial charge in [0.1, 0.15) is 16.9 Å². The van der Waals surface area contributed by atoms with E-state index in [4.69, 9.17) is 0 Å². The molecule has 1 unspecified atom stereocenters. The van der Waals surface area contributed by atoms with Crippen molar-refractivity contribution in [3.05, 3.63) is 28.3 Å². The van der Waals surface area contributed by atoms with E-state index in [0.717, 1.165) is 35.9 Å². The molecule has 4 nitrogen and oxygen atoms in total. The van der Waals surface area contributed by atoms with Crippen molar-refractivity contribution in [3.8, 4) is 0 Å². The molecule has 84 valence electrons. The number of anilines is 1. The lowest BCUT2D eigenvalue weighted by Gasteiger charge is -2.23. The van der Waals surface area contributed by atoms with Gasteiger partial charge in [0, 0.05) is 24.2 Å². The third-order valence-corrected chi connectivity index (χ3v) is 3.78. The predicted molar refractivity (Wildman–Crippen MR) is 65.0 cm³/mol. The number of thiazole rings is 1. The summed E-state index contributed by atoms with van der Waals surface area (Å²) in [5.74, 6) is 1.13. The number of aromatic nitrogens is 3. The Morgan fingerprint density at radius 2 is 2.56 bits per heavy atom. The molecule has 0 aliphatic carbocycles. The highest BCUT2D eigenvalue weighted by molar-refractivity contribution is 7.09. The SMILES string of the molecule is CCc1cc2n(n1)C(c1nccs1)CCN2. The summed E-state index contributed by atoms with van der Waals surface area (Å²) in [7, 11) is 0. The molecule has 2 aromatic rings. The minimum absolute atomic E-state index is 0.316. The molecular weight excluding hydrogens is 220 g/mol. The van der Waals surface area contributed by atoms with Gasteiger partial charge in [-0.15, -0.1) is 11.3 Å². The normalized spacial score (nSPS) is 19.2. The Labute approximate surface area is 98.3 Å². The molecule has 1 aliphatic rings. The lowest BCUT2D eigenvalue weighted by Crippen LogP contribution is -2.24. The number of nitrogens with one attached hydrogen (secondary N) is 1. The fourth-order valence-electron chi connectivity index (χ4n) is 2.07. The minimum Gasteiger partial charge on any atom is -0.370 e. The molecule has 3 rings (SSSR count). The smallest absolute Gasteiger partial charge is 0.125 e. The second kappa shape index (κ2) is 3.90. The van der Waals surface area contributed by atoms with E-state index < -0.39 is 0 Å². The van der Waals surface area contributed by atoms with Gasteiger partial charge in [0.25, 0.3) is 0 Å². The molecule has 0 bridgehead atoms. The topological polar surface area (TPSA) is 42.7 Å². The average Bonchev–Trinajstić information content (AvgIpc) is 2.97. The second-order valence-corrected chi connectivity index (χ2v) is 4.85. The second-order valence-electron chi connectivity index (χ2n) is 3.92. The van der Waals surface area contributed by atoms with Gasteiger partial charge in [0.2, 0.25) is 0 Å². The van der Waals surface area contributed by atoms with Gasteiger partial charge in [-0.05, 0) is 12.8 Å². The van der Waals surface area contributed by atoms with Gasteiger partial charge in [0.05, 0.1) is 5.69 Å². The maximum Gasteiger partial charge on any atom is 0.125 e. The standard InChI is InChI=1S/C11H14N4S/c1-2-8-7-10-12-4-3-9(15(10)14-8)11-13-5-6-16-11/h5-7,9,12H,2-4H2,1H3. The number of nitrogens with zero attached hydrogens (tertiary/aromatic N) is 3. The zero-order chi connectivity index (χ0) is 11.0. The number of fused-ring (bicyclic) bond motifs is 1. The van der Waals surface area contributed by atoms with Gasteiger partial charge in [-0.3, -0.25) is 0 Å². The number of aryl methyl sites for hydroxylation is 1. The number of hydrogen-bond acceptors (Lipinski definition) is 4. The summed E-state index contributed by atoms with van der Waals surface area (Å²) in [6.45, 7) is 3.13. The van der Waals surface area contributed by atoms with Crippen LogP contribution in [0.1, 0.15) is 30.1 Å². The van der Waals surface area contributed by atoms with E-state index >= 15 is 0 Å². The van der Waals surface area contributed by atoms with Crippen LogP contribution < -0.4 is 5.32 Å². The number of rotatable bonds is 2. The average molecular weight is 234 g/mol. The molecule has 0 fully saturated rings. The molecule has 1 atom stereocenters. The van der Waals surface area contributed by atoms with E-state index in [1.807, 2.05) is 11.6 Å². The van der Waals surface area contributed by atoms with Crippen molar-refractivity contribution in [1.29, 1.82) is 0 Å². The van der Waals surface area contributed by atoms with Crippen molar-refractivity contribution >= 4 is 17.2 Å². The molecule has 0 saturated carbocycles. The van der Waals surface area contributed by atoms with E-state index in [0.29, 0.717) is 6.04 Å². The van der Waals surface area contributed by atoms with Gasteiger partial charge in [0.15, 0.2) is 0 Å². The fourth-order valence-corrected chi connectivity index (χ4v) is 2.83. The highest BCUT2D eigenvalue weighted by atomic mass is 32.1. The van der Waals surface area contributed by atoms with Crippen molar-refractivity contribution in [2.75, 3.05) is 11.9 Å². The first-order valence-corrected chi connectivity index (χ1v) is 6.48. The first-order valence-electron chi connectivity index (χ1n) is 5.60. The molecule has 1 N–H and O–H groups in total. The maximum absolute atomic E-state index is 4.63. The molecule has 0 saturated heterocycles. The van der Waals surface area contributed by atoms with Gasteiger partial charge in [-0.2, -0.15) is 5.10 Å². The quantitative estimate of drug-likeness (QED) is 0.867. The molecule has 2 aromatic heterocycles. The Morgan fingerprint density at radius 1 is 1.62 bits per heavy atom. The van der Waals surface area contributed by atoms with Crippen molar-refractivity contribution in [2.45, 2.75) is 25.8 Å². The fraction of sp³-hybridized carbons (Fsp3) is 0.455. The predicted octanol–water partition coefficient (Wildman–Crippen LogP) is 2.31. The van der Waals surface area contributed by atoms with Crippen molar-refractivity contribution in [2.24, 2.45) is 0 Å². The Bertz CT molecular complexity index is 474. The van der Waals surface area contributed by atoms with Gasteiger partial charge in [-0.25, -0.2) is 9.67 Å². The summed E-state index contributed by atoms with van der Waals surface area (Å²) < 4.78 is 2.08. The van der Waals surface area contributed by atoms with Crippen LogP contribution >= 0.6 is 11.3 Å². The molecule has 0 radical (unpaired) electrons. The van der Waals surface area contributed by atoms with Crippen LogP contribution in [0.5, 0.6) is 0 Å². The van der Waals surface area contributed by atoms with Crippen LogP contribution in [0.3, 0.4) is 0 Å². The number of hydrogen-bond donors (Lipinski definition) is 1. The summed E-state index contributed by atoms with van der Waals surface area (Å²) in [5, 5.41) is 11.2. The summed E-state index contributed by atoms with van der Waals surface area (Å²) in [6, 6.07) is 2.45. The largest absolute Gasteiger partial charge is 0.370 e. The lowest BCUT2D eigenvalue weighted by atomic mass is 10.2. The zero-order valence-corrected chi connectivity index (χ0v) is 10.00. The van der Waals surface area contributed by atoms with Crippen LogP contribution in [0, 0.1) is 0 Å². The van der Waals surface area contributed by atoms with Crippen LogP contribution in [0.4, 0.5) is 5.82 Å².